The molecule has 0 aromatic heterocycles. The SMILES string of the molecule is CC[C@@H](C)[C@@H](NC(=O)OC(C)(C)C)C(=O)NCC(=O)N[C@H](CC(N)=O)C(=O)N[C@H](CSCCC(=O)C(C)(C)C)C(=O)N1CCC[C@H]1C(=O)N[C@@H](CC(C)C)C(=O)NCC(N)=O. The van der Waals surface area contributed by atoms with Crippen molar-refractivity contribution in [2.24, 2.45) is 28.7 Å². The molecule has 9 amide bonds. The van der Waals surface area contributed by atoms with Gasteiger partial charge in [-0.2, -0.15) is 11.8 Å². The van der Waals surface area contributed by atoms with Crippen LogP contribution in [0, 0.1) is 17.3 Å². The van der Waals surface area contributed by atoms with Crippen molar-refractivity contribution >= 4 is 70.9 Å². The number of carbonyl (C=O) groups is 10. The maximum atomic E-state index is 14.3. The third-order valence-electron chi connectivity index (χ3n) is 9.47. The van der Waals surface area contributed by atoms with E-state index in [2.05, 4.69) is 31.9 Å². The summed E-state index contributed by atoms with van der Waals surface area (Å²) >= 11 is 1.20. The van der Waals surface area contributed by atoms with E-state index in [1.54, 1.807) is 48.5 Å². The highest BCUT2D eigenvalue weighted by molar-refractivity contribution is 7.99. The van der Waals surface area contributed by atoms with Gasteiger partial charge in [0, 0.05) is 29.9 Å². The van der Waals surface area contributed by atoms with Gasteiger partial charge in [0.1, 0.15) is 41.6 Å². The lowest BCUT2D eigenvalue weighted by Crippen LogP contribution is -2.59. The summed E-state index contributed by atoms with van der Waals surface area (Å²) < 4.78 is 5.27. The maximum absolute atomic E-state index is 14.3. The highest BCUT2D eigenvalue weighted by atomic mass is 32.2. The number of nitrogens with one attached hydrogen (secondary N) is 6. The number of hydrogen-bond donors (Lipinski definition) is 8. The molecule has 1 aliphatic heterocycles. The molecular weight excluding hydrogens is 815 g/mol. The minimum atomic E-state index is -1.59. The molecule has 1 fully saturated rings. The Kier molecular flexibility index (Phi) is 22.2. The van der Waals surface area contributed by atoms with Gasteiger partial charge in [0.2, 0.25) is 47.3 Å². The predicted octanol–water partition coefficient (Wildman–Crippen LogP) is -0.251. The molecule has 0 radical (unpaired) electrons. The van der Waals surface area contributed by atoms with Crippen LogP contribution in [0.1, 0.15) is 108 Å². The van der Waals surface area contributed by atoms with E-state index < -0.39 is 114 Å². The molecule has 0 aliphatic carbocycles. The number of carbonyl (C=O) groups excluding carboxylic acids is 10. The summed E-state index contributed by atoms with van der Waals surface area (Å²) in [5, 5.41) is 15.0. The number of nitrogens with two attached hydrogens (primary N) is 2. The lowest BCUT2D eigenvalue weighted by Gasteiger charge is -2.30. The van der Waals surface area contributed by atoms with E-state index in [0.29, 0.717) is 18.6 Å². The molecule has 346 valence electrons. The minimum absolute atomic E-state index is 0.0218. The second-order valence-electron chi connectivity index (χ2n) is 17.6. The number of rotatable bonds is 24. The fourth-order valence-electron chi connectivity index (χ4n) is 6.03. The van der Waals surface area contributed by atoms with Crippen molar-refractivity contribution in [3.63, 3.8) is 0 Å². The Morgan fingerprint density at radius 3 is 1.93 bits per heavy atom. The standard InChI is InChI=1S/C40H69N9O11S/c1-11-23(4)32(48-38(59)60-40(8,9)10)36(57)44-20-31(53)45-25(18-29(41)51)34(55)47-26(21-61-16-14-28(50)39(5,6)7)37(58)49-15-12-13-27(49)35(56)46-24(17-22(2)3)33(54)43-19-30(42)52/h22-27,32H,11-21H2,1-10H3,(H2,41,51)(H2,42,52)(H,43,54)(H,44,57)(H,45,53)(H,46,56)(H,47,55)(H,48,59)/t23-,24+,25-,26-,27+,32-/m1/s1. The van der Waals surface area contributed by atoms with Crippen molar-refractivity contribution in [2.45, 2.75) is 144 Å². The Morgan fingerprint density at radius 2 is 1.39 bits per heavy atom. The summed E-state index contributed by atoms with van der Waals surface area (Å²) in [4.78, 5) is 131. The van der Waals surface area contributed by atoms with E-state index >= 15 is 0 Å². The smallest absolute Gasteiger partial charge is 0.408 e. The first-order valence-corrected chi connectivity index (χ1v) is 21.7. The summed E-state index contributed by atoms with van der Waals surface area (Å²) in [6, 6.07) is -6.06. The van der Waals surface area contributed by atoms with E-state index in [4.69, 9.17) is 16.2 Å². The molecule has 21 heteroatoms. The van der Waals surface area contributed by atoms with Crippen LogP contribution in [0.4, 0.5) is 4.79 Å². The van der Waals surface area contributed by atoms with Crippen molar-refractivity contribution in [3.05, 3.63) is 0 Å². The Bertz CT molecular complexity index is 1600. The number of ether oxygens (including phenoxy) is 1. The quantitative estimate of drug-likeness (QED) is 0.0583. The number of primary amides is 2. The van der Waals surface area contributed by atoms with E-state index in [0.717, 1.165) is 0 Å². The monoisotopic (exact) mass is 883 g/mol. The van der Waals surface area contributed by atoms with Crippen LogP contribution in [0.5, 0.6) is 0 Å². The number of alkyl carbamates (subject to hydrolysis) is 1. The summed E-state index contributed by atoms with van der Waals surface area (Å²) in [7, 11) is 0. The first-order chi connectivity index (χ1) is 28.2. The van der Waals surface area contributed by atoms with Gasteiger partial charge in [-0.05, 0) is 51.9 Å². The Labute approximate surface area is 363 Å². The lowest BCUT2D eigenvalue weighted by molar-refractivity contribution is -0.142. The van der Waals surface area contributed by atoms with Gasteiger partial charge in [0.05, 0.1) is 19.5 Å². The number of Topliss-reactive ketones (excluding diaryl/α,β-unsaturated/α-hetero) is 1. The number of thioether (sulfide) groups is 1. The van der Waals surface area contributed by atoms with E-state index in [9.17, 15) is 47.9 Å². The van der Waals surface area contributed by atoms with Crippen LogP contribution in [0.2, 0.25) is 0 Å². The van der Waals surface area contributed by atoms with Crippen LogP contribution in [-0.4, -0.2) is 131 Å². The molecule has 1 heterocycles. The molecule has 1 saturated heterocycles. The van der Waals surface area contributed by atoms with Crippen molar-refractivity contribution in [3.8, 4) is 0 Å². The van der Waals surface area contributed by atoms with Crippen LogP contribution >= 0.6 is 11.8 Å². The molecule has 0 aromatic rings. The molecule has 6 atom stereocenters. The van der Waals surface area contributed by atoms with Gasteiger partial charge < -0.3 is 53.0 Å². The van der Waals surface area contributed by atoms with Crippen molar-refractivity contribution in [2.75, 3.05) is 31.1 Å². The molecule has 20 nitrogen and oxygen atoms in total. The lowest BCUT2D eigenvalue weighted by atomic mass is 9.89. The first-order valence-electron chi connectivity index (χ1n) is 20.6. The topological polar surface area (TPSA) is 307 Å². The van der Waals surface area contributed by atoms with Gasteiger partial charge in [0.15, 0.2) is 0 Å². The normalized spacial score (nSPS) is 16.5. The van der Waals surface area contributed by atoms with Crippen molar-refractivity contribution in [1.29, 1.82) is 0 Å². The third-order valence-corrected chi connectivity index (χ3v) is 10.5. The minimum Gasteiger partial charge on any atom is -0.444 e. The molecule has 1 rings (SSSR count). The van der Waals surface area contributed by atoms with Crippen LogP contribution in [0.25, 0.3) is 0 Å². The van der Waals surface area contributed by atoms with Gasteiger partial charge in [-0.15, -0.1) is 0 Å². The van der Waals surface area contributed by atoms with Crippen LogP contribution in [0.3, 0.4) is 0 Å². The van der Waals surface area contributed by atoms with E-state index in [1.165, 1.54) is 16.7 Å². The summed E-state index contributed by atoms with van der Waals surface area (Å²) in [5.41, 5.74) is 9.17. The first kappa shape index (κ1) is 54.1. The fraction of sp³-hybridized carbons (Fsp3) is 0.750. The zero-order valence-corrected chi connectivity index (χ0v) is 38.1. The Morgan fingerprint density at radius 1 is 0.770 bits per heavy atom. The number of amides is 9. The number of likely N-dealkylation sites (tertiary alicyclic amines) is 1. The van der Waals surface area contributed by atoms with Crippen molar-refractivity contribution < 1.29 is 52.7 Å². The van der Waals surface area contributed by atoms with Gasteiger partial charge >= 0.3 is 6.09 Å². The van der Waals surface area contributed by atoms with Crippen LogP contribution < -0.4 is 43.4 Å². The molecular formula is C40H69N9O11S. The molecule has 61 heavy (non-hydrogen) atoms. The molecule has 0 bridgehead atoms. The average Bonchev–Trinajstić information content (AvgIpc) is 3.64. The van der Waals surface area contributed by atoms with Gasteiger partial charge in [-0.25, -0.2) is 4.79 Å². The highest BCUT2D eigenvalue weighted by Crippen LogP contribution is 2.22. The van der Waals surface area contributed by atoms with Gasteiger partial charge in [-0.1, -0.05) is 54.9 Å². The zero-order chi connectivity index (χ0) is 46.8. The zero-order valence-electron chi connectivity index (χ0n) is 37.3. The summed E-state index contributed by atoms with van der Waals surface area (Å²) in [5.74, 6) is -6.40. The van der Waals surface area contributed by atoms with E-state index in [-0.39, 0.29) is 49.2 Å². The fourth-order valence-corrected chi connectivity index (χ4v) is 6.99. The van der Waals surface area contributed by atoms with Crippen LogP contribution in [-0.2, 0) is 47.9 Å². The maximum Gasteiger partial charge on any atom is 0.408 e. The Balaban J connectivity index is 3.29. The summed E-state index contributed by atoms with van der Waals surface area (Å²) in [6.07, 6.45) is 0.0150. The molecule has 0 saturated carbocycles. The molecule has 10 N–H and O–H groups in total. The Hall–Kier alpha value is -4.95. The second kappa shape index (κ2) is 25.1. The highest BCUT2D eigenvalue weighted by Gasteiger charge is 2.40. The third kappa shape index (κ3) is 20.4. The molecule has 0 spiro atoms. The molecule has 0 unspecified atom stereocenters. The molecule has 1 aliphatic rings. The van der Waals surface area contributed by atoms with Crippen LogP contribution in [0.15, 0.2) is 0 Å². The van der Waals surface area contributed by atoms with Crippen molar-refractivity contribution in [1.82, 2.24) is 36.8 Å². The largest absolute Gasteiger partial charge is 0.444 e. The number of ketones is 1. The predicted molar refractivity (Wildman–Crippen MR) is 228 cm³/mol. The number of hydrogen-bond acceptors (Lipinski definition) is 12. The van der Waals surface area contributed by atoms with E-state index in [1.807, 2.05) is 20.8 Å². The average molecular weight is 884 g/mol. The second-order valence-corrected chi connectivity index (χ2v) is 18.8. The van der Waals surface area contributed by atoms with Gasteiger partial charge in [0.25, 0.3) is 0 Å². The van der Waals surface area contributed by atoms with Gasteiger partial charge in [-0.3, -0.25) is 43.2 Å². The number of nitrogens with zero attached hydrogens (tertiary/aromatic N) is 1. The molecule has 0 aromatic carbocycles. The summed E-state index contributed by atoms with van der Waals surface area (Å²) in [6.45, 7) is 16.6.